The highest BCUT2D eigenvalue weighted by Crippen LogP contribution is 2.35. The molecule has 168 valence electrons. The largest absolute Gasteiger partial charge is 0.416 e. The molecule has 2 atom stereocenters. The summed E-state index contributed by atoms with van der Waals surface area (Å²) in [5, 5.41) is 3.38. The fraction of sp³-hybridized carbons (Fsp3) is 0.524. The van der Waals surface area contributed by atoms with Gasteiger partial charge in [0, 0.05) is 30.4 Å². The monoisotopic (exact) mass is 455 g/mol. The number of nitrogen functional groups attached to an aromatic ring is 1. The van der Waals surface area contributed by atoms with Crippen LogP contribution in [-0.2, 0) is 23.8 Å². The van der Waals surface area contributed by atoms with Gasteiger partial charge in [0.05, 0.1) is 30.5 Å². The van der Waals surface area contributed by atoms with Crippen molar-refractivity contribution >= 4 is 23.1 Å². The number of halogens is 4. The van der Waals surface area contributed by atoms with Gasteiger partial charge in [0.15, 0.2) is 0 Å². The zero-order valence-corrected chi connectivity index (χ0v) is 17.9. The second-order valence-corrected chi connectivity index (χ2v) is 8.40. The lowest BCUT2D eigenvalue weighted by Crippen LogP contribution is -2.46. The average Bonchev–Trinajstić information content (AvgIpc) is 2.73. The zero-order valence-electron chi connectivity index (χ0n) is 17.2. The Labute approximate surface area is 183 Å². The fourth-order valence-corrected chi connectivity index (χ4v) is 4.50. The van der Waals surface area contributed by atoms with Gasteiger partial charge in [0.25, 0.3) is 0 Å². The second kappa shape index (κ2) is 8.80. The van der Waals surface area contributed by atoms with Crippen molar-refractivity contribution in [1.29, 1.82) is 0 Å². The smallest absolute Gasteiger partial charge is 0.399 e. The van der Waals surface area contributed by atoms with Crippen molar-refractivity contribution in [2.24, 2.45) is 0 Å². The predicted molar refractivity (Wildman–Crippen MR) is 113 cm³/mol. The van der Waals surface area contributed by atoms with Crippen molar-refractivity contribution < 1.29 is 17.9 Å². The minimum Gasteiger partial charge on any atom is -0.399 e. The Morgan fingerprint density at radius 1 is 1.23 bits per heavy atom. The van der Waals surface area contributed by atoms with E-state index in [1.165, 1.54) is 0 Å². The van der Waals surface area contributed by atoms with Crippen LogP contribution in [0, 0.1) is 0 Å². The van der Waals surface area contributed by atoms with Crippen LogP contribution in [0.15, 0.2) is 18.2 Å². The van der Waals surface area contributed by atoms with Crippen LogP contribution in [0.5, 0.6) is 0 Å². The molecular weight excluding hydrogens is 431 g/mol. The van der Waals surface area contributed by atoms with Gasteiger partial charge in [0.1, 0.15) is 5.82 Å². The third kappa shape index (κ3) is 5.05. The lowest BCUT2D eigenvalue weighted by Gasteiger charge is -2.37. The molecule has 0 saturated carbocycles. The number of nitrogens with one attached hydrogen (secondary N) is 1. The van der Waals surface area contributed by atoms with E-state index < -0.39 is 17.8 Å². The van der Waals surface area contributed by atoms with Crippen LogP contribution in [0.1, 0.15) is 41.8 Å². The Morgan fingerprint density at radius 3 is 2.68 bits per heavy atom. The summed E-state index contributed by atoms with van der Waals surface area (Å²) in [7, 11) is 0. The fourth-order valence-electron chi connectivity index (χ4n) is 4.31. The summed E-state index contributed by atoms with van der Waals surface area (Å²) in [5.74, 6) is 0.566. The van der Waals surface area contributed by atoms with Crippen LogP contribution < -0.4 is 11.1 Å². The molecule has 1 aliphatic carbocycles. The van der Waals surface area contributed by atoms with Gasteiger partial charge in [-0.15, -0.1) is 0 Å². The van der Waals surface area contributed by atoms with E-state index in [1.807, 2.05) is 0 Å². The Hall–Kier alpha value is -2.10. The molecule has 1 saturated heterocycles. The van der Waals surface area contributed by atoms with Gasteiger partial charge in [-0.2, -0.15) is 13.2 Å². The van der Waals surface area contributed by atoms with E-state index in [4.69, 9.17) is 22.1 Å². The van der Waals surface area contributed by atoms with Crippen molar-refractivity contribution in [3.05, 3.63) is 45.9 Å². The molecule has 2 aliphatic rings. The maximum absolute atomic E-state index is 13.2. The van der Waals surface area contributed by atoms with E-state index in [9.17, 15) is 13.2 Å². The normalized spacial score (nSPS) is 20.9. The third-order valence-corrected chi connectivity index (χ3v) is 6.11. The first-order valence-corrected chi connectivity index (χ1v) is 10.7. The molecule has 1 aromatic carbocycles. The number of hydrogen-bond acceptors (Lipinski definition) is 6. The van der Waals surface area contributed by atoms with Crippen LogP contribution in [-0.4, -0.2) is 47.2 Å². The van der Waals surface area contributed by atoms with Gasteiger partial charge in [-0.25, -0.2) is 9.97 Å². The molecule has 10 heteroatoms. The molecule has 3 N–H and O–H groups in total. The molecule has 1 aliphatic heterocycles. The number of benzene rings is 1. The van der Waals surface area contributed by atoms with Crippen LogP contribution >= 0.6 is 11.6 Å². The lowest BCUT2D eigenvalue weighted by molar-refractivity contribution is -0.137. The van der Waals surface area contributed by atoms with Crippen molar-refractivity contribution in [2.75, 3.05) is 37.4 Å². The molecule has 0 unspecified atom stereocenters. The first-order valence-electron chi connectivity index (χ1n) is 10.3. The standard InChI is InChI=1S/C21H25ClF3N5O/c1-12(13-8-14(21(23,24)25)10-15(26)9-13)27-19-17-11-16(30-4-6-31-7-5-30)2-3-18(17)28-20(22)29-19/h8-10,12,16H,2-7,11,26H2,1H3,(H,27,28,29)/t12-,16-/m1/s1. The Kier molecular flexibility index (Phi) is 6.27. The first kappa shape index (κ1) is 22.1. The van der Waals surface area contributed by atoms with Crippen molar-refractivity contribution in [2.45, 2.75) is 44.4 Å². The average molecular weight is 456 g/mol. The second-order valence-electron chi connectivity index (χ2n) is 8.06. The molecule has 1 aromatic heterocycles. The number of anilines is 2. The van der Waals surface area contributed by atoms with Gasteiger partial charge in [-0.1, -0.05) is 0 Å². The van der Waals surface area contributed by atoms with Crippen LogP contribution in [0.3, 0.4) is 0 Å². The molecule has 0 amide bonds. The van der Waals surface area contributed by atoms with Crippen molar-refractivity contribution in [1.82, 2.24) is 14.9 Å². The molecule has 2 heterocycles. The summed E-state index contributed by atoms with van der Waals surface area (Å²) in [6.45, 7) is 4.99. The van der Waals surface area contributed by atoms with Gasteiger partial charge in [-0.3, -0.25) is 4.90 Å². The number of nitrogens with two attached hydrogens (primary N) is 1. The minimum atomic E-state index is -4.47. The summed E-state index contributed by atoms with van der Waals surface area (Å²) >= 11 is 6.15. The minimum absolute atomic E-state index is 0.0635. The number of nitrogens with zero attached hydrogens (tertiary/aromatic N) is 3. The summed E-state index contributed by atoms with van der Waals surface area (Å²) in [6.07, 6.45) is -1.96. The first-order chi connectivity index (χ1) is 14.7. The highest BCUT2D eigenvalue weighted by molar-refractivity contribution is 6.28. The number of morpholine rings is 1. The summed E-state index contributed by atoms with van der Waals surface area (Å²) in [5.41, 5.74) is 7.31. The topological polar surface area (TPSA) is 76.3 Å². The number of aromatic nitrogens is 2. The highest BCUT2D eigenvalue weighted by atomic mass is 35.5. The maximum atomic E-state index is 13.2. The molecule has 0 bridgehead atoms. The van der Waals surface area contributed by atoms with Crippen molar-refractivity contribution in [3.8, 4) is 0 Å². The van der Waals surface area contributed by atoms with E-state index in [0.717, 1.165) is 69.0 Å². The van der Waals surface area contributed by atoms with E-state index >= 15 is 0 Å². The van der Waals surface area contributed by atoms with E-state index in [0.29, 0.717) is 17.4 Å². The van der Waals surface area contributed by atoms with Gasteiger partial charge in [-0.05, 0) is 61.5 Å². The molecule has 0 spiro atoms. The van der Waals surface area contributed by atoms with Crippen LogP contribution in [0.4, 0.5) is 24.7 Å². The van der Waals surface area contributed by atoms with Gasteiger partial charge < -0.3 is 15.8 Å². The molecule has 6 nitrogen and oxygen atoms in total. The Bertz CT molecular complexity index is 949. The summed E-state index contributed by atoms with van der Waals surface area (Å²) in [4.78, 5) is 11.2. The SMILES string of the molecule is C[C@@H](Nc1nc(Cl)nc2c1C[C@H](N1CCOCC1)CC2)c1cc(N)cc(C(F)(F)F)c1. The lowest BCUT2D eigenvalue weighted by atomic mass is 9.90. The number of rotatable bonds is 4. The highest BCUT2D eigenvalue weighted by Gasteiger charge is 2.32. The Balaban J connectivity index is 1.59. The molecule has 31 heavy (non-hydrogen) atoms. The van der Waals surface area contributed by atoms with Gasteiger partial charge >= 0.3 is 6.18 Å². The van der Waals surface area contributed by atoms with E-state index in [-0.39, 0.29) is 11.0 Å². The number of aryl methyl sites for hydroxylation is 1. The third-order valence-electron chi connectivity index (χ3n) is 5.94. The molecule has 2 aromatic rings. The molecular formula is C21H25ClF3N5O. The van der Waals surface area contributed by atoms with Crippen molar-refractivity contribution in [3.63, 3.8) is 0 Å². The Morgan fingerprint density at radius 2 is 1.97 bits per heavy atom. The quantitative estimate of drug-likeness (QED) is 0.534. The molecule has 4 rings (SSSR count). The summed E-state index contributed by atoms with van der Waals surface area (Å²) in [6, 6.07) is 3.48. The number of fused-ring (bicyclic) bond motifs is 1. The summed E-state index contributed by atoms with van der Waals surface area (Å²) < 4.78 is 45.1. The number of ether oxygens (including phenoxy) is 1. The molecule has 0 radical (unpaired) electrons. The van der Waals surface area contributed by atoms with E-state index in [1.54, 1.807) is 13.0 Å². The maximum Gasteiger partial charge on any atom is 0.416 e. The van der Waals surface area contributed by atoms with E-state index in [2.05, 4.69) is 20.2 Å². The predicted octanol–water partition coefficient (Wildman–Crippen LogP) is 4.09. The van der Waals surface area contributed by atoms with Crippen LogP contribution in [0.2, 0.25) is 5.28 Å². The van der Waals surface area contributed by atoms with Gasteiger partial charge in [0.2, 0.25) is 5.28 Å². The molecule has 1 fully saturated rings. The zero-order chi connectivity index (χ0) is 22.2. The number of alkyl halides is 3. The van der Waals surface area contributed by atoms with Crippen LogP contribution in [0.25, 0.3) is 0 Å². The number of hydrogen-bond donors (Lipinski definition) is 2.